The fourth-order valence-electron chi connectivity index (χ4n) is 1.11. The minimum atomic E-state index is -0.544. The summed E-state index contributed by atoms with van der Waals surface area (Å²) in [6.45, 7) is 3.49. The van der Waals surface area contributed by atoms with Crippen LogP contribution in [0.2, 0.25) is 0 Å². The summed E-state index contributed by atoms with van der Waals surface area (Å²) in [5, 5.41) is 21.7. The van der Waals surface area contributed by atoms with Crippen molar-refractivity contribution in [1.82, 2.24) is 0 Å². The zero-order valence-corrected chi connectivity index (χ0v) is 7.89. The topological polar surface area (TPSA) is 79.3 Å². The van der Waals surface area contributed by atoms with Gasteiger partial charge in [0.1, 0.15) is 5.56 Å². The molecule has 0 atom stereocenters. The molecule has 14 heavy (non-hydrogen) atoms. The van der Waals surface area contributed by atoms with Gasteiger partial charge in [0.25, 0.3) is 5.69 Å². The van der Waals surface area contributed by atoms with Crippen molar-refractivity contribution >= 4 is 5.69 Å². The van der Waals surface area contributed by atoms with Crippen molar-refractivity contribution in [3.8, 4) is 5.88 Å². The zero-order valence-electron chi connectivity index (χ0n) is 7.89. The highest BCUT2D eigenvalue weighted by Gasteiger charge is 2.22. The molecular formula is C8H10N2O4. The Morgan fingerprint density at radius 2 is 2.29 bits per heavy atom. The van der Waals surface area contributed by atoms with Crippen molar-refractivity contribution in [2.45, 2.75) is 13.8 Å². The first-order chi connectivity index (χ1) is 6.57. The van der Waals surface area contributed by atoms with Gasteiger partial charge in [0.05, 0.1) is 17.6 Å². The molecule has 1 rings (SSSR count). The number of nitro groups is 1. The van der Waals surface area contributed by atoms with E-state index in [-0.39, 0.29) is 17.1 Å². The van der Waals surface area contributed by atoms with Gasteiger partial charge in [-0.3, -0.25) is 10.1 Å². The molecule has 0 fully saturated rings. The van der Waals surface area contributed by atoms with E-state index in [2.05, 4.69) is 0 Å². The molecule has 1 heterocycles. The van der Waals surface area contributed by atoms with E-state index in [1.807, 2.05) is 0 Å². The average molecular weight is 198 g/mol. The van der Waals surface area contributed by atoms with E-state index in [1.54, 1.807) is 6.92 Å². The maximum absolute atomic E-state index is 11.2. The smallest absolute Gasteiger partial charge is 0.389 e. The second kappa shape index (κ2) is 3.91. The van der Waals surface area contributed by atoms with E-state index in [0.29, 0.717) is 11.3 Å². The van der Waals surface area contributed by atoms with Gasteiger partial charge in [-0.05, 0) is 13.8 Å². The van der Waals surface area contributed by atoms with Crippen LogP contribution in [-0.4, -0.2) is 11.5 Å². The molecular weight excluding hydrogens is 188 g/mol. The predicted molar refractivity (Wildman–Crippen MR) is 48.0 cm³/mol. The first-order valence-electron chi connectivity index (χ1n) is 4.08. The van der Waals surface area contributed by atoms with E-state index in [9.17, 15) is 15.3 Å². The molecule has 1 aromatic rings. The van der Waals surface area contributed by atoms with Gasteiger partial charge in [0, 0.05) is 0 Å². The Bertz CT molecular complexity index is 365. The predicted octanol–water partition coefficient (Wildman–Crippen LogP) is 0.935. The summed E-state index contributed by atoms with van der Waals surface area (Å²) < 4.78 is 5.48. The van der Waals surface area contributed by atoms with Gasteiger partial charge in [0.2, 0.25) is 0 Å². The molecule has 1 aromatic heterocycles. The molecule has 0 saturated carbocycles. The Morgan fingerprint density at radius 3 is 2.79 bits per heavy atom. The fraction of sp³-hybridized carbons (Fsp3) is 0.375. The highest BCUT2D eigenvalue weighted by Crippen LogP contribution is 2.22. The molecule has 0 spiro atoms. The molecule has 6 nitrogen and oxygen atoms in total. The van der Waals surface area contributed by atoms with Crippen LogP contribution in [0.25, 0.3) is 0 Å². The summed E-state index contributed by atoms with van der Waals surface area (Å²) in [7, 11) is 0. The molecule has 0 bridgehead atoms. The summed E-state index contributed by atoms with van der Waals surface area (Å²) in [4.78, 5) is 9.98. The first kappa shape index (κ1) is 10.2. The van der Waals surface area contributed by atoms with Gasteiger partial charge in [-0.15, -0.1) is 4.73 Å². The van der Waals surface area contributed by atoms with Gasteiger partial charge in [0.15, 0.2) is 6.20 Å². The second-order valence-corrected chi connectivity index (χ2v) is 2.65. The molecule has 0 amide bonds. The molecule has 0 radical (unpaired) electrons. The number of rotatable bonds is 3. The standard InChI is InChI=1S/C8H10N2O4/c1-3-14-8-6(2)7(10(12)13)4-5-9(8)11/h4-5H,3H2,1-2H3. The van der Waals surface area contributed by atoms with Gasteiger partial charge in [-0.2, -0.15) is 0 Å². The summed E-state index contributed by atoms with van der Waals surface area (Å²) >= 11 is 0. The third-order valence-electron chi connectivity index (χ3n) is 1.75. The van der Waals surface area contributed by atoms with Crippen LogP contribution in [0.4, 0.5) is 5.69 Å². The van der Waals surface area contributed by atoms with Gasteiger partial charge < -0.3 is 9.94 Å². The van der Waals surface area contributed by atoms with Crippen molar-refractivity contribution < 1.29 is 14.4 Å². The van der Waals surface area contributed by atoms with E-state index < -0.39 is 4.92 Å². The number of nitrogens with zero attached hydrogens (tertiary/aromatic N) is 2. The largest absolute Gasteiger partial charge is 0.616 e. The van der Waals surface area contributed by atoms with Crippen LogP contribution in [0.5, 0.6) is 5.88 Å². The van der Waals surface area contributed by atoms with Crippen LogP contribution in [-0.2, 0) is 0 Å². The van der Waals surface area contributed by atoms with Crippen molar-refractivity contribution in [2.75, 3.05) is 6.61 Å². The Labute approximate surface area is 80.5 Å². The summed E-state index contributed by atoms with van der Waals surface area (Å²) in [6, 6.07) is 1.16. The van der Waals surface area contributed by atoms with Crippen LogP contribution >= 0.6 is 0 Å². The third-order valence-corrected chi connectivity index (χ3v) is 1.75. The number of hydrogen-bond acceptors (Lipinski definition) is 4. The second-order valence-electron chi connectivity index (χ2n) is 2.65. The lowest BCUT2D eigenvalue weighted by Gasteiger charge is -2.06. The van der Waals surface area contributed by atoms with Gasteiger partial charge >= 0.3 is 5.88 Å². The van der Waals surface area contributed by atoms with Crippen LogP contribution in [0.3, 0.4) is 0 Å². The van der Waals surface area contributed by atoms with Crippen LogP contribution in [0.1, 0.15) is 12.5 Å². The molecule has 0 aliphatic heterocycles. The Kier molecular flexibility index (Phi) is 2.85. The average Bonchev–Trinajstić information content (AvgIpc) is 2.11. The number of ether oxygens (including phenoxy) is 1. The van der Waals surface area contributed by atoms with E-state index in [0.717, 1.165) is 12.3 Å². The maximum Gasteiger partial charge on any atom is 0.389 e. The summed E-state index contributed by atoms with van der Waals surface area (Å²) in [6.07, 6.45) is 1.07. The van der Waals surface area contributed by atoms with E-state index >= 15 is 0 Å². The van der Waals surface area contributed by atoms with E-state index in [1.165, 1.54) is 6.92 Å². The van der Waals surface area contributed by atoms with Gasteiger partial charge in [-0.1, -0.05) is 0 Å². The Hall–Kier alpha value is -1.85. The zero-order chi connectivity index (χ0) is 10.7. The number of aromatic nitrogens is 1. The van der Waals surface area contributed by atoms with Gasteiger partial charge in [-0.25, -0.2) is 0 Å². The molecule has 0 saturated heterocycles. The summed E-state index contributed by atoms with van der Waals surface area (Å²) in [5.74, 6) is -0.0123. The molecule has 6 heteroatoms. The molecule has 0 aromatic carbocycles. The minimum Gasteiger partial charge on any atom is -0.616 e. The van der Waals surface area contributed by atoms with Crippen molar-refractivity contribution in [2.24, 2.45) is 0 Å². The van der Waals surface area contributed by atoms with Crippen LogP contribution in [0, 0.1) is 22.2 Å². The number of hydrogen-bond donors (Lipinski definition) is 0. The maximum atomic E-state index is 11.2. The van der Waals surface area contributed by atoms with Crippen LogP contribution in [0.15, 0.2) is 12.3 Å². The quantitative estimate of drug-likeness (QED) is 0.313. The first-order valence-corrected chi connectivity index (χ1v) is 4.08. The molecule has 0 N–H and O–H groups in total. The third kappa shape index (κ3) is 1.73. The van der Waals surface area contributed by atoms with E-state index in [4.69, 9.17) is 4.74 Å². The highest BCUT2D eigenvalue weighted by atomic mass is 16.6. The monoisotopic (exact) mass is 198 g/mol. The Balaban J connectivity index is 3.26. The van der Waals surface area contributed by atoms with Crippen molar-refractivity contribution in [3.05, 3.63) is 33.1 Å². The lowest BCUT2D eigenvalue weighted by atomic mass is 10.2. The lowest BCUT2D eigenvalue weighted by Crippen LogP contribution is -2.29. The fourth-order valence-corrected chi connectivity index (χ4v) is 1.11. The molecule has 0 aliphatic rings. The molecule has 76 valence electrons. The molecule has 0 unspecified atom stereocenters. The summed E-state index contributed by atoms with van der Waals surface area (Å²) in [5.41, 5.74) is 0.134. The van der Waals surface area contributed by atoms with Crippen molar-refractivity contribution in [1.29, 1.82) is 0 Å². The lowest BCUT2D eigenvalue weighted by molar-refractivity contribution is -0.613. The Morgan fingerprint density at radius 1 is 1.64 bits per heavy atom. The van der Waals surface area contributed by atoms with Crippen molar-refractivity contribution in [3.63, 3.8) is 0 Å². The van der Waals surface area contributed by atoms with Crippen LogP contribution < -0.4 is 9.47 Å². The minimum absolute atomic E-state index is 0.0123. The SMILES string of the molecule is CCOc1c(C)c([N+](=O)[O-])cc[n+]1[O-]. The highest BCUT2D eigenvalue weighted by molar-refractivity contribution is 5.41. The normalized spacial score (nSPS) is 9.86. The molecule has 0 aliphatic carbocycles. The number of pyridine rings is 1.